The van der Waals surface area contributed by atoms with Gasteiger partial charge >= 0.3 is 23.9 Å². The topological polar surface area (TPSA) is 144 Å². The Balaban J connectivity index is 2.44. The molecule has 1 heterocycles. The molecule has 5 atom stereocenters. The molecule has 1 aromatic rings. The summed E-state index contributed by atoms with van der Waals surface area (Å²) in [6.07, 6.45) is -5.18. The van der Waals surface area contributed by atoms with Gasteiger partial charge in [0.05, 0.1) is 0 Å². The number of hydrogen-bond acceptors (Lipinski definition) is 10. The highest BCUT2D eigenvalue weighted by Gasteiger charge is 2.52. The summed E-state index contributed by atoms with van der Waals surface area (Å²) in [5, 5.41) is 2.62. The minimum atomic E-state index is -1.43. The van der Waals surface area contributed by atoms with E-state index in [0.717, 1.165) is 20.8 Å². The molecule has 1 saturated heterocycles. The average Bonchev–Trinajstić information content (AvgIpc) is 2.70. The number of esters is 4. The first kappa shape index (κ1) is 24.8. The fourth-order valence-corrected chi connectivity index (χ4v) is 3.14. The van der Waals surface area contributed by atoms with Crippen molar-refractivity contribution < 1.29 is 47.7 Å². The van der Waals surface area contributed by atoms with Crippen molar-refractivity contribution in [2.24, 2.45) is 0 Å². The van der Waals surface area contributed by atoms with E-state index >= 15 is 0 Å². The number of carbonyl (C=O) groups is 5. The zero-order valence-electron chi connectivity index (χ0n) is 18.1. The van der Waals surface area contributed by atoms with Crippen LogP contribution in [0.5, 0.6) is 0 Å². The molecular weight excluding hydrogens is 426 g/mol. The molecule has 1 aliphatic heterocycles. The van der Waals surface area contributed by atoms with E-state index in [4.69, 9.17) is 23.7 Å². The Labute approximate surface area is 184 Å². The molecule has 0 spiro atoms. The van der Waals surface area contributed by atoms with Crippen LogP contribution in [-0.4, -0.2) is 67.0 Å². The Morgan fingerprint density at radius 3 is 1.91 bits per heavy atom. The number of benzene rings is 1. The van der Waals surface area contributed by atoms with Crippen molar-refractivity contribution in [2.45, 2.75) is 58.3 Å². The normalized spacial score (nSPS) is 24.6. The SMILES string of the molecule is CC(=O)OC[C@@H]1O[C@@H](OC(C)=O)[C@@H](NC(=O)c2ccccc2)[C@@H](OC(C)=O)[C@H]1OC(C)=O. The van der Waals surface area contributed by atoms with Crippen LogP contribution in [-0.2, 0) is 42.9 Å². The molecule has 32 heavy (non-hydrogen) atoms. The molecule has 0 aliphatic carbocycles. The predicted molar refractivity (Wildman–Crippen MR) is 106 cm³/mol. The molecule has 0 aromatic heterocycles. The Morgan fingerprint density at radius 2 is 1.38 bits per heavy atom. The predicted octanol–water partition coefficient (Wildman–Crippen LogP) is 0.500. The van der Waals surface area contributed by atoms with Crippen LogP contribution in [0.3, 0.4) is 0 Å². The molecule has 0 saturated carbocycles. The lowest BCUT2D eigenvalue weighted by atomic mass is 9.95. The lowest BCUT2D eigenvalue weighted by Crippen LogP contribution is -2.67. The number of rotatable bonds is 7. The third kappa shape index (κ3) is 7.05. The summed E-state index contributed by atoms with van der Waals surface area (Å²) >= 11 is 0. The summed E-state index contributed by atoms with van der Waals surface area (Å²) in [6, 6.07) is 6.88. The maximum atomic E-state index is 12.8. The van der Waals surface area contributed by atoms with Gasteiger partial charge in [0.1, 0.15) is 18.8 Å². The van der Waals surface area contributed by atoms with Crippen molar-refractivity contribution in [2.75, 3.05) is 6.61 Å². The fourth-order valence-electron chi connectivity index (χ4n) is 3.14. The van der Waals surface area contributed by atoms with Crippen molar-refractivity contribution >= 4 is 29.8 Å². The van der Waals surface area contributed by atoms with Crippen molar-refractivity contribution in [3.05, 3.63) is 35.9 Å². The maximum Gasteiger partial charge on any atom is 0.305 e. The van der Waals surface area contributed by atoms with Gasteiger partial charge in [0.15, 0.2) is 12.2 Å². The van der Waals surface area contributed by atoms with E-state index in [1.807, 2.05) is 0 Å². The minimum Gasteiger partial charge on any atom is -0.463 e. The van der Waals surface area contributed by atoms with E-state index in [-0.39, 0.29) is 12.2 Å². The highest BCUT2D eigenvalue weighted by Crippen LogP contribution is 2.28. The van der Waals surface area contributed by atoms with Crippen LogP contribution in [0.4, 0.5) is 0 Å². The number of amides is 1. The average molecular weight is 451 g/mol. The van der Waals surface area contributed by atoms with E-state index in [9.17, 15) is 24.0 Å². The zero-order chi connectivity index (χ0) is 23.8. The molecule has 1 aromatic carbocycles. The second-order valence-electron chi connectivity index (χ2n) is 6.97. The van der Waals surface area contributed by atoms with Crippen molar-refractivity contribution in [1.82, 2.24) is 5.32 Å². The number of carbonyl (C=O) groups excluding carboxylic acids is 5. The molecule has 1 fully saturated rings. The zero-order valence-corrected chi connectivity index (χ0v) is 18.1. The minimum absolute atomic E-state index is 0.279. The highest BCUT2D eigenvalue weighted by atomic mass is 16.7. The van der Waals surface area contributed by atoms with Crippen LogP contribution in [0.2, 0.25) is 0 Å². The molecule has 1 N–H and O–H groups in total. The summed E-state index contributed by atoms with van der Waals surface area (Å²) < 4.78 is 26.5. The molecule has 11 nitrogen and oxygen atoms in total. The first-order valence-electron chi connectivity index (χ1n) is 9.75. The van der Waals surface area contributed by atoms with Crippen molar-refractivity contribution in [3.63, 3.8) is 0 Å². The lowest BCUT2D eigenvalue weighted by Gasteiger charge is -2.44. The highest BCUT2D eigenvalue weighted by molar-refractivity contribution is 5.94. The largest absolute Gasteiger partial charge is 0.463 e. The summed E-state index contributed by atoms with van der Waals surface area (Å²) in [4.78, 5) is 59.3. The number of nitrogens with one attached hydrogen (secondary N) is 1. The van der Waals surface area contributed by atoms with Crippen LogP contribution >= 0.6 is 0 Å². The first-order valence-corrected chi connectivity index (χ1v) is 9.75. The molecule has 174 valence electrons. The van der Waals surface area contributed by atoms with Gasteiger partial charge in [-0.15, -0.1) is 0 Å². The molecule has 0 radical (unpaired) electrons. The molecule has 1 amide bonds. The van der Waals surface area contributed by atoms with Gasteiger partial charge in [-0.2, -0.15) is 0 Å². The van der Waals surface area contributed by atoms with Gasteiger partial charge < -0.3 is 29.0 Å². The third-order valence-corrected chi connectivity index (χ3v) is 4.32. The van der Waals surface area contributed by atoms with Crippen molar-refractivity contribution in [3.8, 4) is 0 Å². The van der Waals surface area contributed by atoms with Gasteiger partial charge in [0.2, 0.25) is 6.29 Å². The molecule has 2 rings (SSSR count). The van der Waals surface area contributed by atoms with Gasteiger partial charge in [-0.05, 0) is 12.1 Å². The van der Waals surface area contributed by atoms with Crippen LogP contribution in [0.15, 0.2) is 30.3 Å². The van der Waals surface area contributed by atoms with E-state index in [0.29, 0.717) is 0 Å². The Kier molecular flexibility index (Phi) is 8.71. The summed E-state index contributed by atoms with van der Waals surface area (Å²) in [7, 11) is 0. The van der Waals surface area contributed by atoms with Gasteiger partial charge in [-0.1, -0.05) is 18.2 Å². The van der Waals surface area contributed by atoms with E-state index in [1.54, 1.807) is 30.3 Å². The summed E-state index contributed by atoms with van der Waals surface area (Å²) in [5.74, 6) is -3.44. The standard InChI is InChI=1S/C21H25NO10/c1-11(23)28-10-16-18(29-12(2)24)19(30-13(3)25)17(21(32-16)31-14(4)26)22-20(27)15-8-6-5-7-9-15/h5-9,16-19,21H,10H2,1-4H3,(H,22,27)/t16-,17-,18-,19+,21+/m0/s1. The fraction of sp³-hybridized carbons (Fsp3) is 0.476. The van der Waals surface area contributed by atoms with Crippen LogP contribution in [0, 0.1) is 0 Å². The second kappa shape index (κ2) is 11.2. The van der Waals surface area contributed by atoms with Gasteiger partial charge in [-0.25, -0.2) is 0 Å². The van der Waals surface area contributed by atoms with Gasteiger partial charge in [0.25, 0.3) is 5.91 Å². The molecule has 0 unspecified atom stereocenters. The summed E-state index contributed by atoms with van der Waals surface area (Å²) in [6.45, 7) is 4.16. The van der Waals surface area contributed by atoms with Crippen LogP contribution < -0.4 is 5.32 Å². The smallest absolute Gasteiger partial charge is 0.305 e. The van der Waals surface area contributed by atoms with E-state index in [2.05, 4.69) is 5.32 Å². The molecule has 0 bridgehead atoms. The lowest BCUT2D eigenvalue weighted by molar-refractivity contribution is -0.270. The number of hydrogen-bond donors (Lipinski definition) is 1. The molecule has 1 aliphatic rings. The van der Waals surface area contributed by atoms with Crippen LogP contribution in [0.1, 0.15) is 38.1 Å². The maximum absolute atomic E-state index is 12.8. The van der Waals surface area contributed by atoms with Gasteiger partial charge in [-0.3, -0.25) is 24.0 Å². The second-order valence-corrected chi connectivity index (χ2v) is 6.97. The molecular formula is C21H25NO10. The van der Waals surface area contributed by atoms with Crippen LogP contribution in [0.25, 0.3) is 0 Å². The Morgan fingerprint density at radius 1 is 0.812 bits per heavy atom. The monoisotopic (exact) mass is 451 g/mol. The molecule has 11 heteroatoms. The van der Waals surface area contributed by atoms with E-state index < -0.39 is 60.4 Å². The quantitative estimate of drug-likeness (QED) is 0.460. The first-order chi connectivity index (χ1) is 15.1. The van der Waals surface area contributed by atoms with E-state index in [1.165, 1.54) is 6.92 Å². The number of ether oxygens (including phenoxy) is 5. The Bertz CT molecular complexity index is 855. The van der Waals surface area contributed by atoms with Gasteiger partial charge in [0, 0.05) is 33.3 Å². The van der Waals surface area contributed by atoms with Crippen molar-refractivity contribution in [1.29, 1.82) is 0 Å². The third-order valence-electron chi connectivity index (χ3n) is 4.32. The Hall–Kier alpha value is -3.47. The summed E-state index contributed by atoms with van der Waals surface area (Å²) in [5.41, 5.74) is 0.279.